The van der Waals surface area contributed by atoms with E-state index >= 15 is 0 Å². The molecule has 5 nitrogen and oxygen atoms in total. The summed E-state index contributed by atoms with van der Waals surface area (Å²) in [4.78, 5) is 15.7. The van der Waals surface area contributed by atoms with E-state index in [2.05, 4.69) is 17.1 Å². The maximum absolute atomic E-state index is 13.2. The van der Waals surface area contributed by atoms with Crippen molar-refractivity contribution < 1.29 is 13.9 Å². The molecular weight excluding hydrogens is 364 g/mol. The van der Waals surface area contributed by atoms with E-state index in [0.29, 0.717) is 17.4 Å². The van der Waals surface area contributed by atoms with Gasteiger partial charge < -0.3 is 14.5 Å². The lowest BCUT2D eigenvalue weighted by atomic mass is 9.99. The molecule has 0 spiro atoms. The first-order chi connectivity index (χ1) is 14.1. The summed E-state index contributed by atoms with van der Waals surface area (Å²) >= 11 is 0. The Balaban J connectivity index is 1.78. The number of furan rings is 1. The van der Waals surface area contributed by atoms with E-state index in [1.165, 1.54) is 19.3 Å². The normalized spacial score (nSPS) is 17.4. The fraction of sp³-hybridized carbons (Fsp3) is 0.375. The number of amides is 1. The zero-order chi connectivity index (χ0) is 20.4. The van der Waals surface area contributed by atoms with Gasteiger partial charge >= 0.3 is 0 Å². The molecule has 1 fully saturated rings. The first kappa shape index (κ1) is 19.5. The molecule has 0 saturated carbocycles. The van der Waals surface area contributed by atoms with Crippen LogP contribution in [0.4, 0.5) is 5.69 Å². The predicted molar refractivity (Wildman–Crippen MR) is 116 cm³/mol. The Morgan fingerprint density at radius 3 is 2.72 bits per heavy atom. The highest BCUT2D eigenvalue weighted by molar-refractivity contribution is 6.14. The Kier molecular flexibility index (Phi) is 5.58. The number of carbonyl (C=O) groups is 1. The molecule has 2 aromatic carbocycles. The van der Waals surface area contributed by atoms with Gasteiger partial charge in [-0.05, 0) is 57.5 Å². The molecule has 1 N–H and O–H groups in total. The summed E-state index contributed by atoms with van der Waals surface area (Å²) in [6, 6.07) is 13.8. The van der Waals surface area contributed by atoms with Crippen molar-refractivity contribution in [1.29, 1.82) is 0 Å². The van der Waals surface area contributed by atoms with Crippen LogP contribution < -0.4 is 10.1 Å². The summed E-state index contributed by atoms with van der Waals surface area (Å²) < 4.78 is 11.7. The molecule has 4 rings (SSSR count). The van der Waals surface area contributed by atoms with E-state index in [-0.39, 0.29) is 5.91 Å². The zero-order valence-electron chi connectivity index (χ0n) is 17.3. The predicted octanol–water partition coefficient (Wildman–Crippen LogP) is 5.38. The SMILES string of the molecule is COc1ccc2oc(C)c(C(=O)Nc3ccccc3)c2c1CN1CCCCC1C. The van der Waals surface area contributed by atoms with Crippen molar-refractivity contribution >= 4 is 22.6 Å². The second-order valence-corrected chi connectivity index (χ2v) is 7.79. The number of likely N-dealkylation sites (tertiary alicyclic amines) is 1. The van der Waals surface area contributed by atoms with Gasteiger partial charge in [0.15, 0.2) is 0 Å². The molecule has 1 unspecified atom stereocenters. The third-order valence-electron chi connectivity index (χ3n) is 5.88. The smallest absolute Gasteiger partial charge is 0.259 e. The number of aryl methyl sites for hydroxylation is 1. The van der Waals surface area contributed by atoms with E-state index < -0.39 is 0 Å². The fourth-order valence-corrected chi connectivity index (χ4v) is 4.29. The standard InChI is InChI=1S/C24H28N2O3/c1-16-9-7-8-14-26(16)15-19-20(28-3)12-13-21-23(19)22(17(2)29-21)24(27)25-18-10-5-4-6-11-18/h4-6,10-13,16H,7-9,14-15H2,1-3H3,(H,25,27). The molecule has 1 aliphatic heterocycles. The number of piperidine rings is 1. The van der Waals surface area contributed by atoms with Gasteiger partial charge in [-0.25, -0.2) is 0 Å². The molecule has 1 aromatic heterocycles. The van der Waals surface area contributed by atoms with Gasteiger partial charge in [-0.2, -0.15) is 0 Å². The van der Waals surface area contributed by atoms with Gasteiger partial charge in [0.05, 0.1) is 12.7 Å². The highest BCUT2D eigenvalue weighted by atomic mass is 16.5. The van der Waals surface area contributed by atoms with Crippen LogP contribution in [0.2, 0.25) is 0 Å². The van der Waals surface area contributed by atoms with Crippen LogP contribution in [-0.2, 0) is 6.54 Å². The fourth-order valence-electron chi connectivity index (χ4n) is 4.29. The Morgan fingerprint density at radius 2 is 2.00 bits per heavy atom. The maximum Gasteiger partial charge on any atom is 0.259 e. The number of para-hydroxylation sites is 1. The minimum atomic E-state index is -0.159. The number of carbonyl (C=O) groups excluding carboxylic acids is 1. The van der Waals surface area contributed by atoms with Crippen LogP contribution in [0, 0.1) is 6.92 Å². The average Bonchev–Trinajstić information content (AvgIpc) is 3.07. The second kappa shape index (κ2) is 8.29. The summed E-state index contributed by atoms with van der Waals surface area (Å²) in [5, 5.41) is 3.86. The summed E-state index contributed by atoms with van der Waals surface area (Å²) in [6.07, 6.45) is 3.67. The van der Waals surface area contributed by atoms with E-state index in [1.807, 2.05) is 49.4 Å². The molecule has 0 bridgehead atoms. The number of nitrogens with zero attached hydrogens (tertiary/aromatic N) is 1. The maximum atomic E-state index is 13.2. The van der Waals surface area contributed by atoms with Crippen molar-refractivity contribution in [3.8, 4) is 5.75 Å². The van der Waals surface area contributed by atoms with Crippen LogP contribution in [-0.4, -0.2) is 30.5 Å². The first-order valence-corrected chi connectivity index (χ1v) is 10.3. The number of benzene rings is 2. The van der Waals surface area contributed by atoms with Crippen LogP contribution in [0.15, 0.2) is 46.9 Å². The van der Waals surface area contributed by atoms with Crippen LogP contribution in [0.25, 0.3) is 11.0 Å². The molecule has 5 heteroatoms. The number of rotatable bonds is 5. The van der Waals surface area contributed by atoms with Crippen molar-refractivity contribution in [1.82, 2.24) is 4.90 Å². The van der Waals surface area contributed by atoms with E-state index in [4.69, 9.17) is 9.15 Å². The Labute approximate surface area is 171 Å². The molecule has 1 aliphatic rings. The molecule has 29 heavy (non-hydrogen) atoms. The molecule has 1 atom stereocenters. The van der Waals surface area contributed by atoms with Gasteiger partial charge in [0, 0.05) is 29.2 Å². The molecule has 3 aromatic rings. The minimum Gasteiger partial charge on any atom is -0.496 e. The molecule has 1 amide bonds. The third kappa shape index (κ3) is 3.87. The number of ether oxygens (including phenoxy) is 1. The quantitative estimate of drug-likeness (QED) is 0.634. The summed E-state index contributed by atoms with van der Waals surface area (Å²) in [5.41, 5.74) is 3.10. The van der Waals surface area contributed by atoms with E-state index in [9.17, 15) is 4.79 Å². The van der Waals surface area contributed by atoms with Crippen molar-refractivity contribution in [3.05, 3.63) is 59.4 Å². The average molecular weight is 392 g/mol. The number of nitrogens with one attached hydrogen (secondary N) is 1. The van der Waals surface area contributed by atoms with Crippen molar-refractivity contribution in [3.63, 3.8) is 0 Å². The number of fused-ring (bicyclic) bond motifs is 1. The molecule has 1 saturated heterocycles. The lowest BCUT2D eigenvalue weighted by Gasteiger charge is -2.33. The lowest BCUT2D eigenvalue weighted by Crippen LogP contribution is -2.36. The Hall–Kier alpha value is -2.79. The Bertz CT molecular complexity index is 1010. The summed E-state index contributed by atoms with van der Waals surface area (Å²) in [6.45, 7) is 5.92. The van der Waals surface area contributed by atoms with Gasteiger partial charge in [-0.1, -0.05) is 24.6 Å². The molecule has 2 heterocycles. The number of hydrogen-bond donors (Lipinski definition) is 1. The highest BCUT2D eigenvalue weighted by Gasteiger charge is 2.26. The van der Waals surface area contributed by atoms with E-state index in [1.54, 1.807) is 7.11 Å². The van der Waals surface area contributed by atoms with Crippen LogP contribution >= 0.6 is 0 Å². The third-order valence-corrected chi connectivity index (χ3v) is 5.88. The van der Waals surface area contributed by atoms with Gasteiger partial charge in [0.25, 0.3) is 5.91 Å². The van der Waals surface area contributed by atoms with E-state index in [0.717, 1.165) is 41.1 Å². The number of methoxy groups -OCH3 is 1. The molecule has 0 aliphatic carbocycles. The van der Waals surface area contributed by atoms with Crippen molar-refractivity contribution in [2.24, 2.45) is 0 Å². The minimum absolute atomic E-state index is 0.159. The summed E-state index contributed by atoms with van der Waals surface area (Å²) in [7, 11) is 1.68. The van der Waals surface area contributed by atoms with Crippen LogP contribution in [0.5, 0.6) is 5.75 Å². The van der Waals surface area contributed by atoms with Crippen molar-refractivity contribution in [2.75, 3.05) is 19.0 Å². The van der Waals surface area contributed by atoms with Gasteiger partial charge in [-0.15, -0.1) is 0 Å². The number of hydrogen-bond acceptors (Lipinski definition) is 4. The Morgan fingerprint density at radius 1 is 1.21 bits per heavy atom. The van der Waals surface area contributed by atoms with Crippen molar-refractivity contribution in [2.45, 2.75) is 45.7 Å². The first-order valence-electron chi connectivity index (χ1n) is 10.3. The summed E-state index contributed by atoms with van der Waals surface area (Å²) in [5.74, 6) is 1.26. The second-order valence-electron chi connectivity index (χ2n) is 7.79. The van der Waals surface area contributed by atoms with Crippen LogP contribution in [0.1, 0.15) is 47.9 Å². The highest BCUT2D eigenvalue weighted by Crippen LogP contribution is 2.36. The van der Waals surface area contributed by atoms with Gasteiger partial charge in [0.1, 0.15) is 17.1 Å². The van der Waals surface area contributed by atoms with Crippen LogP contribution in [0.3, 0.4) is 0 Å². The monoisotopic (exact) mass is 392 g/mol. The topological polar surface area (TPSA) is 54.7 Å². The molecule has 0 radical (unpaired) electrons. The lowest BCUT2D eigenvalue weighted by molar-refractivity contribution is 0.102. The molecular formula is C24H28N2O3. The van der Waals surface area contributed by atoms with Gasteiger partial charge in [-0.3, -0.25) is 9.69 Å². The zero-order valence-corrected chi connectivity index (χ0v) is 17.3. The molecule has 152 valence electrons. The van der Waals surface area contributed by atoms with Gasteiger partial charge in [0.2, 0.25) is 0 Å². The number of anilines is 1. The largest absolute Gasteiger partial charge is 0.496 e.